The van der Waals surface area contributed by atoms with Crippen molar-refractivity contribution in [3.8, 4) is 11.3 Å². The van der Waals surface area contributed by atoms with E-state index in [-0.39, 0.29) is 10.9 Å². The zero-order valence-corrected chi connectivity index (χ0v) is 19.5. The third-order valence-corrected chi connectivity index (χ3v) is 5.61. The Labute approximate surface area is 196 Å². The second kappa shape index (κ2) is 10.4. The number of aryl methyl sites for hydroxylation is 1. The van der Waals surface area contributed by atoms with Gasteiger partial charge in [-0.25, -0.2) is 9.97 Å². The number of anilines is 1. The number of nitrogens with two attached hydrogens (primary N) is 1. The SMILES string of the molecule is CN=C(N)Nc1nc(-c2ccccc2)c2cc(Cl)ccc2n1.Cc1ccc(S(=O)(=O)O)cc1. The first kappa shape index (κ1) is 24.1. The minimum atomic E-state index is -4.02. The largest absolute Gasteiger partial charge is 0.370 e. The van der Waals surface area contributed by atoms with Crippen molar-refractivity contribution in [1.29, 1.82) is 0 Å². The van der Waals surface area contributed by atoms with Gasteiger partial charge in [0.05, 0.1) is 16.1 Å². The van der Waals surface area contributed by atoms with Crippen LogP contribution >= 0.6 is 11.6 Å². The minimum Gasteiger partial charge on any atom is -0.370 e. The molecule has 0 saturated carbocycles. The van der Waals surface area contributed by atoms with Gasteiger partial charge in [-0.3, -0.25) is 14.9 Å². The Bertz CT molecular complexity index is 1390. The van der Waals surface area contributed by atoms with Gasteiger partial charge in [-0.1, -0.05) is 59.6 Å². The molecule has 0 aliphatic heterocycles. The Morgan fingerprint density at radius 1 is 1.03 bits per heavy atom. The van der Waals surface area contributed by atoms with Gasteiger partial charge in [-0.15, -0.1) is 0 Å². The molecule has 1 aromatic heterocycles. The third-order valence-electron chi connectivity index (χ3n) is 4.50. The van der Waals surface area contributed by atoms with Crippen LogP contribution in [0.1, 0.15) is 5.56 Å². The van der Waals surface area contributed by atoms with Gasteiger partial charge >= 0.3 is 0 Å². The van der Waals surface area contributed by atoms with Crippen molar-refractivity contribution in [2.24, 2.45) is 10.7 Å². The Balaban J connectivity index is 0.000000235. The summed E-state index contributed by atoms with van der Waals surface area (Å²) >= 11 is 6.11. The fraction of sp³-hybridized carbons (Fsp3) is 0.0870. The maximum atomic E-state index is 10.5. The molecule has 10 heteroatoms. The van der Waals surface area contributed by atoms with Crippen LogP contribution in [0.25, 0.3) is 22.2 Å². The van der Waals surface area contributed by atoms with Crippen LogP contribution in [0.4, 0.5) is 5.95 Å². The number of hydrogen-bond acceptors (Lipinski definition) is 5. The summed E-state index contributed by atoms with van der Waals surface area (Å²) in [6.07, 6.45) is 0. The van der Waals surface area contributed by atoms with E-state index in [1.807, 2.05) is 49.4 Å². The molecule has 4 N–H and O–H groups in total. The highest BCUT2D eigenvalue weighted by Gasteiger charge is 2.11. The number of guanidine groups is 1. The monoisotopic (exact) mass is 483 g/mol. The lowest BCUT2D eigenvalue weighted by atomic mass is 10.1. The molecule has 0 bridgehead atoms. The van der Waals surface area contributed by atoms with Crippen LogP contribution in [0.15, 0.2) is 82.7 Å². The number of nitrogens with one attached hydrogen (secondary N) is 1. The van der Waals surface area contributed by atoms with Crippen LogP contribution in [0.2, 0.25) is 5.02 Å². The molecule has 0 fully saturated rings. The first-order valence-corrected chi connectivity index (χ1v) is 11.6. The normalized spacial score (nSPS) is 11.6. The lowest BCUT2D eigenvalue weighted by Gasteiger charge is -2.10. The molecular weight excluding hydrogens is 462 g/mol. The maximum Gasteiger partial charge on any atom is 0.294 e. The van der Waals surface area contributed by atoms with Crippen molar-refractivity contribution in [2.75, 3.05) is 12.4 Å². The Morgan fingerprint density at radius 3 is 2.30 bits per heavy atom. The van der Waals surface area contributed by atoms with E-state index in [0.717, 1.165) is 27.7 Å². The fourth-order valence-electron chi connectivity index (χ4n) is 2.85. The molecule has 0 spiro atoms. The average Bonchev–Trinajstić information content (AvgIpc) is 2.79. The van der Waals surface area contributed by atoms with Crippen LogP contribution in [-0.2, 0) is 10.1 Å². The molecule has 33 heavy (non-hydrogen) atoms. The number of hydrogen-bond donors (Lipinski definition) is 3. The van der Waals surface area contributed by atoms with Gasteiger partial charge in [0.2, 0.25) is 5.95 Å². The van der Waals surface area contributed by atoms with Gasteiger partial charge in [0, 0.05) is 23.0 Å². The maximum absolute atomic E-state index is 10.5. The van der Waals surface area contributed by atoms with E-state index in [0.29, 0.717) is 11.0 Å². The third kappa shape index (κ3) is 6.48. The molecule has 170 valence electrons. The predicted octanol–water partition coefficient (Wildman–Crippen LogP) is 4.55. The van der Waals surface area contributed by atoms with E-state index in [9.17, 15) is 8.42 Å². The standard InChI is InChI=1S/C16H14ClN5.C7H8O3S/c1-19-15(18)22-16-20-13-8-7-11(17)9-12(13)14(21-16)10-5-3-2-4-6-10;1-6-2-4-7(5-3-6)11(8,9)10/h2-9H,1H3,(H3,18,19,20,21,22);2-5H,1H3,(H,8,9,10). The summed E-state index contributed by atoms with van der Waals surface area (Å²) in [5, 5.41) is 4.41. The Hall–Kier alpha value is -3.53. The molecule has 4 rings (SSSR count). The van der Waals surface area contributed by atoms with Crippen LogP contribution in [0, 0.1) is 6.92 Å². The smallest absolute Gasteiger partial charge is 0.294 e. The molecule has 0 aliphatic rings. The molecule has 0 unspecified atom stereocenters. The summed E-state index contributed by atoms with van der Waals surface area (Å²) in [5.41, 5.74) is 9.21. The highest BCUT2D eigenvalue weighted by molar-refractivity contribution is 7.85. The molecule has 1 heterocycles. The van der Waals surface area contributed by atoms with E-state index >= 15 is 0 Å². The first-order chi connectivity index (χ1) is 15.7. The number of aliphatic imine (C=N–C) groups is 1. The second-order valence-corrected chi connectivity index (χ2v) is 8.80. The fourth-order valence-corrected chi connectivity index (χ4v) is 3.51. The number of halogens is 1. The average molecular weight is 484 g/mol. The number of rotatable bonds is 3. The molecule has 0 radical (unpaired) electrons. The number of aromatic nitrogens is 2. The summed E-state index contributed by atoms with van der Waals surface area (Å²) in [5.74, 6) is 0.657. The molecular formula is C23H22ClN5O3S. The first-order valence-electron chi connectivity index (χ1n) is 9.73. The van der Waals surface area contributed by atoms with Gasteiger partial charge in [-0.05, 0) is 37.3 Å². The van der Waals surface area contributed by atoms with Gasteiger partial charge in [-0.2, -0.15) is 8.42 Å². The van der Waals surface area contributed by atoms with Crippen molar-refractivity contribution in [1.82, 2.24) is 9.97 Å². The Kier molecular flexibility index (Phi) is 7.59. The van der Waals surface area contributed by atoms with E-state index < -0.39 is 10.1 Å². The Morgan fingerprint density at radius 2 is 1.70 bits per heavy atom. The van der Waals surface area contributed by atoms with E-state index in [1.165, 1.54) is 12.1 Å². The van der Waals surface area contributed by atoms with Gasteiger partial charge in [0.15, 0.2) is 5.96 Å². The van der Waals surface area contributed by atoms with Crippen LogP contribution in [0.3, 0.4) is 0 Å². The molecule has 0 amide bonds. The van der Waals surface area contributed by atoms with Crippen LogP contribution in [-0.4, -0.2) is 35.9 Å². The second-order valence-electron chi connectivity index (χ2n) is 6.95. The van der Waals surface area contributed by atoms with Crippen molar-refractivity contribution >= 4 is 44.5 Å². The zero-order valence-electron chi connectivity index (χ0n) is 17.9. The van der Waals surface area contributed by atoms with Gasteiger partial charge in [0.1, 0.15) is 0 Å². The van der Waals surface area contributed by atoms with Crippen molar-refractivity contribution in [2.45, 2.75) is 11.8 Å². The lowest BCUT2D eigenvalue weighted by Crippen LogP contribution is -2.23. The van der Waals surface area contributed by atoms with E-state index in [4.69, 9.17) is 21.9 Å². The van der Waals surface area contributed by atoms with Crippen molar-refractivity contribution in [3.63, 3.8) is 0 Å². The summed E-state index contributed by atoms with van der Waals surface area (Å²) in [4.78, 5) is 12.8. The molecule has 8 nitrogen and oxygen atoms in total. The quantitative estimate of drug-likeness (QED) is 0.221. The topological polar surface area (TPSA) is 131 Å². The van der Waals surface area contributed by atoms with Gasteiger partial charge < -0.3 is 5.73 Å². The zero-order chi connectivity index (χ0) is 24.0. The highest BCUT2D eigenvalue weighted by Crippen LogP contribution is 2.29. The molecule has 0 atom stereocenters. The van der Waals surface area contributed by atoms with Crippen LogP contribution < -0.4 is 11.1 Å². The summed E-state index contributed by atoms with van der Waals surface area (Å²) in [7, 11) is -2.42. The van der Waals surface area contributed by atoms with Crippen LogP contribution in [0.5, 0.6) is 0 Å². The van der Waals surface area contributed by atoms with Crippen molar-refractivity contribution < 1.29 is 13.0 Å². The number of fused-ring (bicyclic) bond motifs is 1. The summed E-state index contributed by atoms with van der Waals surface area (Å²) in [6.45, 7) is 1.84. The predicted molar refractivity (Wildman–Crippen MR) is 132 cm³/mol. The number of benzene rings is 3. The summed E-state index contributed by atoms with van der Waals surface area (Å²) in [6, 6.07) is 21.4. The van der Waals surface area contributed by atoms with E-state index in [1.54, 1.807) is 25.2 Å². The molecule has 0 saturated heterocycles. The minimum absolute atomic E-state index is 0.0666. The number of nitrogens with zero attached hydrogens (tertiary/aromatic N) is 3. The van der Waals surface area contributed by atoms with E-state index in [2.05, 4.69) is 20.3 Å². The van der Waals surface area contributed by atoms with Crippen molar-refractivity contribution in [3.05, 3.63) is 83.4 Å². The lowest BCUT2D eigenvalue weighted by molar-refractivity contribution is 0.483. The summed E-state index contributed by atoms with van der Waals surface area (Å²) < 4.78 is 29.6. The van der Waals surface area contributed by atoms with Gasteiger partial charge in [0.25, 0.3) is 10.1 Å². The molecule has 0 aliphatic carbocycles. The molecule has 4 aromatic rings. The molecule has 3 aromatic carbocycles. The highest BCUT2D eigenvalue weighted by atomic mass is 35.5.